The Kier molecular flexibility index (Phi) is 3.00. The highest BCUT2D eigenvalue weighted by Gasteiger charge is 2.41. The van der Waals surface area contributed by atoms with Crippen LogP contribution in [0.4, 0.5) is 11.8 Å². The van der Waals surface area contributed by atoms with Crippen LogP contribution in [0.5, 0.6) is 0 Å². The van der Waals surface area contributed by atoms with Crippen LogP contribution in [0.25, 0.3) is 10.2 Å². The summed E-state index contributed by atoms with van der Waals surface area (Å²) in [5.74, 6) is 9.57. The summed E-state index contributed by atoms with van der Waals surface area (Å²) in [4.78, 5) is 9.82. The van der Waals surface area contributed by atoms with E-state index in [1.54, 1.807) is 11.3 Å². The number of hydrogen-bond donors (Lipinski definition) is 3. The van der Waals surface area contributed by atoms with Gasteiger partial charge in [0.05, 0.1) is 5.39 Å². The molecule has 6 heteroatoms. The molecule has 0 atom stereocenters. The largest absolute Gasteiger partial charge is 0.369 e. The molecule has 106 valence electrons. The highest BCUT2D eigenvalue weighted by molar-refractivity contribution is 7.16. The molecule has 2 aromatic heterocycles. The zero-order chi connectivity index (χ0) is 13.5. The van der Waals surface area contributed by atoms with Gasteiger partial charge < -0.3 is 5.32 Å². The zero-order valence-electron chi connectivity index (χ0n) is 11.3. The van der Waals surface area contributed by atoms with E-state index >= 15 is 0 Å². The standard InChI is InChI=1S/C14H19N5S/c15-19-14-17-12(10-5-6-20-13(10)18-14)16-7-11(8-1-2-8)9-3-4-9/h5-6,8-9,11H,1-4,7,15H2,(H2,16,17,18,19). The van der Waals surface area contributed by atoms with Gasteiger partial charge in [0.25, 0.3) is 0 Å². The van der Waals surface area contributed by atoms with Crippen molar-refractivity contribution in [3.8, 4) is 0 Å². The number of nitrogens with zero attached hydrogens (tertiary/aromatic N) is 2. The smallest absolute Gasteiger partial charge is 0.240 e. The first-order valence-electron chi connectivity index (χ1n) is 7.31. The van der Waals surface area contributed by atoms with E-state index in [1.807, 2.05) is 5.38 Å². The minimum Gasteiger partial charge on any atom is -0.369 e. The lowest BCUT2D eigenvalue weighted by atomic mass is 9.98. The number of hydrogen-bond acceptors (Lipinski definition) is 6. The van der Waals surface area contributed by atoms with E-state index in [0.29, 0.717) is 5.95 Å². The predicted octanol–water partition coefficient (Wildman–Crippen LogP) is 2.83. The molecule has 2 aliphatic rings. The molecule has 0 unspecified atom stereocenters. The van der Waals surface area contributed by atoms with Crippen molar-refractivity contribution in [2.24, 2.45) is 23.6 Å². The van der Waals surface area contributed by atoms with E-state index < -0.39 is 0 Å². The maximum Gasteiger partial charge on any atom is 0.240 e. The van der Waals surface area contributed by atoms with Crippen LogP contribution in [-0.2, 0) is 0 Å². The van der Waals surface area contributed by atoms with Crippen molar-refractivity contribution in [2.75, 3.05) is 17.3 Å². The lowest BCUT2D eigenvalue weighted by Gasteiger charge is -2.17. The van der Waals surface area contributed by atoms with Crippen molar-refractivity contribution in [3.63, 3.8) is 0 Å². The first-order valence-corrected chi connectivity index (χ1v) is 8.19. The van der Waals surface area contributed by atoms with Gasteiger partial charge in [-0.15, -0.1) is 11.3 Å². The second-order valence-electron chi connectivity index (χ2n) is 5.90. The molecule has 0 aliphatic heterocycles. The van der Waals surface area contributed by atoms with Crippen LogP contribution < -0.4 is 16.6 Å². The molecule has 2 aromatic rings. The number of nitrogens with one attached hydrogen (secondary N) is 2. The lowest BCUT2D eigenvalue weighted by Crippen LogP contribution is -2.19. The maximum atomic E-state index is 5.45. The average molecular weight is 289 g/mol. The number of nitrogen functional groups attached to an aromatic ring is 1. The second kappa shape index (κ2) is 4.86. The highest BCUT2D eigenvalue weighted by atomic mass is 32.1. The van der Waals surface area contributed by atoms with Crippen molar-refractivity contribution in [3.05, 3.63) is 11.4 Å². The molecule has 0 amide bonds. The Hall–Kier alpha value is -1.40. The van der Waals surface area contributed by atoms with Gasteiger partial charge in [-0.1, -0.05) is 0 Å². The minimum atomic E-state index is 0.483. The van der Waals surface area contributed by atoms with Crippen molar-refractivity contribution < 1.29 is 0 Å². The third-order valence-corrected chi connectivity index (χ3v) is 5.22. The first-order chi connectivity index (χ1) is 9.85. The Morgan fingerprint density at radius 1 is 1.25 bits per heavy atom. The molecule has 0 bridgehead atoms. The number of rotatable bonds is 6. The van der Waals surface area contributed by atoms with Crippen LogP contribution in [-0.4, -0.2) is 16.5 Å². The van der Waals surface area contributed by atoms with Gasteiger partial charge in [-0.3, -0.25) is 5.43 Å². The fourth-order valence-corrected chi connectivity index (χ4v) is 3.80. The molecule has 20 heavy (non-hydrogen) atoms. The molecule has 0 radical (unpaired) electrons. The van der Waals surface area contributed by atoms with E-state index in [9.17, 15) is 0 Å². The fraction of sp³-hybridized carbons (Fsp3) is 0.571. The van der Waals surface area contributed by atoms with Crippen LogP contribution in [0.3, 0.4) is 0 Å². The van der Waals surface area contributed by atoms with Gasteiger partial charge >= 0.3 is 0 Å². The average Bonchev–Trinajstić information content (AvgIpc) is 3.38. The summed E-state index contributed by atoms with van der Waals surface area (Å²) >= 11 is 1.62. The Morgan fingerprint density at radius 3 is 2.65 bits per heavy atom. The molecule has 4 rings (SSSR count). The predicted molar refractivity (Wildman–Crippen MR) is 82.7 cm³/mol. The van der Waals surface area contributed by atoms with E-state index in [-0.39, 0.29) is 0 Å². The molecular weight excluding hydrogens is 270 g/mol. The SMILES string of the molecule is NNc1nc(NCC(C2CC2)C2CC2)c2ccsc2n1. The van der Waals surface area contributed by atoms with Crippen LogP contribution in [0.2, 0.25) is 0 Å². The highest BCUT2D eigenvalue weighted by Crippen LogP contribution is 2.49. The Bertz CT molecular complexity index is 605. The molecule has 2 heterocycles. The molecular formula is C14H19N5S. The number of aromatic nitrogens is 2. The monoisotopic (exact) mass is 289 g/mol. The van der Waals surface area contributed by atoms with E-state index in [2.05, 4.69) is 26.8 Å². The van der Waals surface area contributed by atoms with Crippen molar-refractivity contribution in [2.45, 2.75) is 25.7 Å². The molecule has 2 fully saturated rings. The van der Waals surface area contributed by atoms with Gasteiger partial charge in [0.1, 0.15) is 10.6 Å². The van der Waals surface area contributed by atoms with Crippen LogP contribution >= 0.6 is 11.3 Å². The lowest BCUT2D eigenvalue weighted by molar-refractivity contribution is 0.428. The number of fused-ring (bicyclic) bond motifs is 1. The van der Waals surface area contributed by atoms with Gasteiger partial charge in [0.2, 0.25) is 5.95 Å². The normalized spacial score (nSPS) is 18.7. The molecule has 2 aliphatic carbocycles. The number of hydrazine groups is 1. The Balaban J connectivity index is 1.56. The van der Waals surface area contributed by atoms with Crippen molar-refractivity contribution in [1.82, 2.24) is 9.97 Å². The number of thiophene rings is 1. The zero-order valence-corrected chi connectivity index (χ0v) is 12.1. The van der Waals surface area contributed by atoms with Gasteiger partial charge in [-0.25, -0.2) is 10.8 Å². The van der Waals surface area contributed by atoms with Crippen LogP contribution in [0, 0.1) is 17.8 Å². The quantitative estimate of drug-likeness (QED) is 0.563. The van der Waals surface area contributed by atoms with Gasteiger partial charge in [0.15, 0.2) is 0 Å². The summed E-state index contributed by atoms with van der Waals surface area (Å²) in [6.07, 6.45) is 5.65. The number of nitrogens with two attached hydrogens (primary N) is 1. The second-order valence-corrected chi connectivity index (χ2v) is 6.79. The summed E-state index contributed by atoms with van der Waals surface area (Å²) in [5.41, 5.74) is 2.55. The summed E-state index contributed by atoms with van der Waals surface area (Å²) in [5, 5.41) is 6.69. The summed E-state index contributed by atoms with van der Waals surface area (Å²) in [7, 11) is 0. The van der Waals surface area contributed by atoms with E-state index in [0.717, 1.165) is 40.3 Å². The van der Waals surface area contributed by atoms with Gasteiger partial charge in [-0.05, 0) is 54.9 Å². The first kappa shape index (κ1) is 12.3. The van der Waals surface area contributed by atoms with Crippen molar-refractivity contribution >= 4 is 33.3 Å². The minimum absolute atomic E-state index is 0.483. The van der Waals surface area contributed by atoms with Crippen LogP contribution in [0.1, 0.15) is 25.7 Å². The van der Waals surface area contributed by atoms with Gasteiger partial charge in [-0.2, -0.15) is 4.98 Å². The summed E-state index contributed by atoms with van der Waals surface area (Å²) in [6, 6.07) is 2.08. The third-order valence-electron chi connectivity index (χ3n) is 4.41. The third kappa shape index (κ3) is 2.33. The Morgan fingerprint density at radius 2 is 2.00 bits per heavy atom. The maximum absolute atomic E-state index is 5.45. The molecule has 0 spiro atoms. The molecule has 5 nitrogen and oxygen atoms in total. The molecule has 4 N–H and O–H groups in total. The molecule has 0 saturated heterocycles. The number of anilines is 2. The fourth-order valence-electron chi connectivity index (χ4n) is 3.04. The van der Waals surface area contributed by atoms with Crippen molar-refractivity contribution in [1.29, 1.82) is 0 Å². The van der Waals surface area contributed by atoms with Crippen LogP contribution in [0.15, 0.2) is 11.4 Å². The summed E-state index contributed by atoms with van der Waals surface area (Å²) < 4.78 is 0. The van der Waals surface area contributed by atoms with E-state index in [1.165, 1.54) is 25.7 Å². The van der Waals surface area contributed by atoms with Gasteiger partial charge in [0, 0.05) is 6.54 Å². The summed E-state index contributed by atoms with van der Waals surface area (Å²) in [6.45, 7) is 1.03. The molecule has 0 aromatic carbocycles. The topological polar surface area (TPSA) is 75.9 Å². The molecule has 2 saturated carbocycles. The van der Waals surface area contributed by atoms with E-state index in [4.69, 9.17) is 5.84 Å². The Labute approximate surface area is 122 Å².